The van der Waals surface area contributed by atoms with E-state index in [0.717, 1.165) is 23.0 Å². The largest absolute Gasteiger partial charge is 0.467 e. The summed E-state index contributed by atoms with van der Waals surface area (Å²) < 4.78 is 12.2. The Hall–Kier alpha value is -2.16. The molecule has 136 valence electrons. The van der Waals surface area contributed by atoms with Gasteiger partial charge in [0.05, 0.1) is 23.7 Å². The van der Waals surface area contributed by atoms with Crippen LogP contribution in [0.25, 0.3) is 10.9 Å². The highest BCUT2D eigenvalue weighted by Crippen LogP contribution is 2.40. The van der Waals surface area contributed by atoms with Gasteiger partial charge in [-0.2, -0.15) is 4.37 Å². The van der Waals surface area contributed by atoms with Crippen LogP contribution in [0.2, 0.25) is 5.02 Å². The monoisotopic (exact) mass is 416 g/mol. The molecule has 0 aliphatic heterocycles. The van der Waals surface area contributed by atoms with Gasteiger partial charge in [-0.25, -0.2) is 9.97 Å². The molecule has 0 bridgehead atoms. The molecule has 1 fully saturated rings. The Balaban J connectivity index is 1.61. The fourth-order valence-corrected chi connectivity index (χ4v) is 4.64. The average Bonchev–Trinajstić information content (AvgIpc) is 3.17. The molecule has 3 heterocycles. The lowest BCUT2D eigenvalue weighted by molar-refractivity contribution is 0.476. The highest BCUT2D eigenvalue weighted by molar-refractivity contribution is 8.00. The van der Waals surface area contributed by atoms with Crippen LogP contribution in [-0.4, -0.2) is 18.9 Å². The maximum Gasteiger partial charge on any atom is 0.262 e. The van der Waals surface area contributed by atoms with Crippen LogP contribution in [0.5, 0.6) is 0 Å². The topological polar surface area (TPSA) is 73.8 Å². The maximum absolute atomic E-state index is 13.1. The van der Waals surface area contributed by atoms with Crippen molar-refractivity contribution in [2.24, 2.45) is 0 Å². The zero-order valence-electron chi connectivity index (χ0n) is 14.0. The number of benzene rings is 1. The lowest BCUT2D eigenvalue weighted by Gasteiger charge is -2.11. The number of halogens is 1. The second kappa shape index (κ2) is 6.78. The molecule has 0 amide bonds. The number of aromatic nitrogens is 4. The molecule has 5 rings (SSSR count). The maximum atomic E-state index is 13.1. The highest BCUT2D eigenvalue weighted by Gasteiger charge is 2.28. The predicted molar refractivity (Wildman–Crippen MR) is 105 cm³/mol. The second-order valence-corrected chi connectivity index (χ2v) is 8.72. The first-order valence-electron chi connectivity index (χ1n) is 8.41. The normalized spacial score (nSPS) is 14.1. The quantitative estimate of drug-likeness (QED) is 0.443. The molecule has 0 radical (unpaired) electrons. The van der Waals surface area contributed by atoms with Gasteiger partial charge in [0.2, 0.25) is 0 Å². The number of hydrogen-bond acceptors (Lipinski definition) is 7. The summed E-state index contributed by atoms with van der Waals surface area (Å²) in [5.74, 6) is 2.07. The summed E-state index contributed by atoms with van der Waals surface area (Å²) in [7, 11) is 0. The second-order valence-electron chi connectivity index (χ2n) is 6.32. The lowest BCUT2D eigenvalue weighted by Crippen LogP contribution is -2.23. The highest BCUT2D eigenvalue weighted by atomic mass is 35.5. The molecule has 3 aromatic heterocycles. The van der Waals surface area contributed by atoms with Crippen LogP contribution in [0, 0.1) is 0 Å². The minimum Gasteiger partial charge on any atom is -0.467 e. The van der Waals surface area contributed by atoms with Gasteiger partial charge in [0.1, 0.15) is 11.6 Å². The molecule has 0 N–H and O–H groups in total. The van der Waals surface area contributed by atoms with Crippen molar-refractivity contribution in [3.8, 4) is 0 Å². The Morgan fingerprint density at radius 2 is 2.19 bits per heavy atom. The lowest BCUT2D eigenvalue weighted by atomic mass is 10.2. The fraction of sp³-hybridized carbons (Fsp3) is 0.222. The molecule has 1 saturated carbocycles. The van der Waals surface area contributed by atoms with Crippen molar-refractivity contribution < 1.29 is 4.42 Å². The van der Waals surface area contributed by atoms with Gasteiger partial charge in [-0.3, -0.25) is 9.36 Å². The van der Waals surface area contributed by atoms with Gasteiger partial charge in [0.15, 0.2) is 9.50 Å². The molecule has 0 atom stereocenters. The van der Waals surface area contributed by atoms with Gasteiger partial charge >= 0.3 is 0 Å². The van der Waals surface area contributed by atoms with Crippen LogP contribution in [0.15, 0.2) is 55.3 Å². The molecule has 4 aromatic rings. The van der Waals surface area contributed by atoms with Crippen LogP contribution in [0.1, 0.15) is 30.3 Å². The van der Waals surface area contributed by atoms with Gasteiger partial charge < -0.3 is 4.42 Å². The van der Waals surface area contributed by atoms with Crippen LogP contribution in [-0.2, 0) is 6.54 Å². The van der Waals surface area contributed by atoms with Crippen LogP contribution in [0.4, 0.5) is 0 Å². The SMILES string of the molecule is O=c1c2ccc(Cl)cc2nc(Sc2nc(C3CC3)ns2)n1Cc1ccco1. The Morgan fingerprint density at radius 1 is 1.30 bits per heavy atom. The fourth-order valence-electron chi connectivity index (χ4n) is 2.80. The van der Waals surface area contributed by atoms with E-state index in [1.807, 2.05) is 6.07 Å². The van der Waals surface area contributed by atoms with Gasteiger partial charge in [-0.05, 0) is 66.5 Å². The van der Waals surface area contributed by atoms with Crippen molar-refractivity contribution in [1.29, 1.82) is 0 Å². The van der Waals surface area contributed by atoms with Crippen molar-refractivity contribution in [2.45, 2.75) is 34.8 Å². The Morgan fingerprint density at radius 3 is 2.96 bits per heavy atom. The van der Waals surface area contributed by atoms with Crippen LogP contribution < -0.4 is 5.56 Å². The molecule has 6 nitrogen and oxygen atoms in total. The molecule has 1 aliphatic carbocycles. The first kappa shape index (κ1) is 17.0. The Kier molecular flexibility index (Phi) is 4.26. The summed E-state index contributed by atoms with van der Waals surface area (Å²) in [4.78, 5) is 22.4. The minimum atomic E-state index is -0.137. The van der Waals surface area contributed by atoms with E-state index in [4.69, 9.17) is 16.0 Å². The summed E-state index contributed by atoms with van der Waals surface area (Å²) in [6.07, 6.45) is 3.89. The van der Waals surface area contributed by atoms with Gasteiger partial charge in [-0.1, -0.05) is 11.6 Å². The zero-order valence-corrected chi connectivity index (χ0v) is 16.4. The van der Waals surface area contributed by atoms with Crippen LogP contribution >= 0.6 is 34.9 Å². The van der Waals surface area contributed by atoms with Crippen LogP contribution in [0.3, 0.4) is 0 Å². The van der Waals surface area contributed by atoms with Gasteiger partial charge in [0, 0.05) is 10.9 Å². The number of fused-ring (bicyclic) bond motifs is 1. The first-order chi connectivity index (χ1) is 13.2. The standard InChI is InChI=1S/C18H13ClN4O2S2/c19-11-5-6-13-14(8-11)20-17(23(16(13)24)9-12-2-1-7-25-12)26-18-21-15(22-27-18)10-3-4-10/h1-2,5-8,10H,3-4,9H2. The summed E-state index contributed by atoms with van der Waals surface area (Å²) in [5, 5.41) is 1.61. The third-order valence-corrected chi connectivity index (χ3v) is 6.32. The Bertz CT molecular complexity index is 1180. The number of hydrogen-bond donors (Lipinski definition) is 0. The number of rotatable bonds is 5. The van der Waals surface area contributed by atoms with E-state index in [-0.39, 0.29) is 5.56 Å². The average molecular weight is 417 g/mol. The third-order valence-electron chi connectivity index (χ3n) is 4.32. The molecular weight excluding hydrogens is 404 g/mol. The third kappa shape index (κ3) is 3.40. The van der Waals surface area contributed by atoms with E-state index in [1.54, 1.807) is 35.1 Å². The van der Waals surface area contributed by atoms with Crippen molar-refractivity contribution in [3.05, 3.63) is 63.6 Å². The van der Waals surface area contributed by atoms with Crippen molar-refractivity contribution >= 4 is 45.8 Å². The van der Waals surface area contributed by atoms with Gasteiger partial charge in [0.25, 0.3) is 5.56 Å². The first-order valence-corrected chi connectivity index (χ1v) is 10.4. The molecule has 1 aromatic carbocycles. The number of nitrogens with zero attached hydrogens (tertiary/aromatic N) is 4. The van der Waals surface area contributed by atoms with E-state index >= 15 is 0 Å². The molecule has 0 saturated heterocycles. The van der Waals surface area contributed by atoms with Crippen molar-refractivity contribution in [2.75, 3.05) is 0 Å². The van der Waals surface area contributed by atoms with Gasteiger partial charge in [-0.15, -0.1) is 0 Å². The van der Waals surface area contributed by atoms with E-state index in [1.165, 1.54) is 23.3 Å². The minimum absolute atomic E-state index is 0.137. The number of furan rings is 1. The van der Waals surface area contributed by atoms with E-state index in [2.05, 4.69) is 14.3 Å². The Labute approximate surface area is 167 Å². The predicted octanol–water partition coefficient (Wildman–Crippen LogP) is 4.57. The molecule has 1 aliphatic rings. The smallest absolute Gasteiger partial charge is 0.262 e. The summed E-state index contributed by atoms with van der Waals surface area (Å²) in [5.41, 5.74) is 0.431. The molecule has 27 heavy (non-hydrogen) atoms. The molecule has 0 spiro atoms. The molecule has 0 unspecified atom stereocenters. The molecular formula is C18H13ClN4O2S2. The summed E-state index contributed by atoms with van der Waals surface area (Å²) in [6.45, 7) is 0.300. The summed E-state index contributed by atoms with van der Waals surface area (Å²) >= 11 is 8.78. The zero-order chi connectivity index (χ0) is 18.4. The van der Waals surface area contributed by atoms with Crippen molar-refractivity contribution in [1.82, 2.24) is 18.9 Å². The molecule has 9 heteroatoms. The van der Waals surface area contributed by atoms with Crippen molar-refractivity contribution in [3.63, 3.8) is 0 Å². The summed E-state index contributed by atoms with van der Waals surface area (Å²) in [6, 6.07) is 8.74. The van der Waals surface area contributed by atoms with E-state index in [0.29, 0.717) is 39.3 Å². The van der Waals surface area contributed by atoms with E-state index < -0.39 is 0 Å². The van der Waals surface area contributed by atoms with E-state index in [9.17, 15) is 4.79 Å².